The monoisotopic (exact) mass is 349 g/mol. The second kappa shape index (κ2) is 6.40. The van der Waals surface area contributed by atoms with Crippen LogP contribution < -0.4 is 9.64 Å². The fraction of sp³-hybridized carbons (Fsp3) is 0.100. The lowest BCUT2D eigenvalue weighted by Crippen LogP contribution is -2.61. The van der Waals surface area contributed by atoms with E-state index in [1.807, 2.05) is 18.2 Å². The Bertz CT molecular complexity index is 919. The molecule has 26 heavy (non-hydrogen) atoms. The van der Waals surface area contributed by atoms with Crippen LogP contribution in [-0.2, 0) is 4.79 Å². The maximum Gasteiger partial charge on any atom is 0.335 e. The minimum atomic E-state index is -1.01. The molecule has 0 aliphatic carbocycles. The summed E-state index contributed by atoms with van der Waals surface area (Å²) in [6.45, 7) is 0. The highest BCUT2D eigenvalue weighted by molar-refractivity contribution is 6.05. The summed E-state index contributed by atoms with van der Waals surface area (Å²) in [4.78, 5) is 25.3. The highest BCUT2D eigenvalue weighted by atomic mass is 16.5. The largest absolute Gasteiger partial charge is 0.478 e. The number of nitrogens with zero attached hydrogens (tertiary/aromatic N) is 1. The van der Waals surface area contributed by atoms with Crippen LogP contribution in [0.25, 0.3) is 0 Å². The van der Waals surface area contributed by atoms with Crippen molar-refractivity contribution in [3.05, 3.63) is 84.3 Å². The van der Waals surface area contributed by atoms with Crippen LogP contribution in [0.1, 0.15) is 22.2 Å². The maximum atomic E-state index is 12.7. The van der Waals surface area contributed by atoms with Crippen molar-refractivity contribution >= 4 is 17.6 Å². The molecule has 0 spiro atoms. The van der Waals surface area contributed by atoms with Gasteiger partial charge in [0.05, 0.1) is 11.8 Å². The molecule has 0 bridgehead atoms. The van der Waals surface area contributed by atoms with Gasteiger partial charge in [-0.3, -0.25) is 9.69 Å². The fourth-order valence-electron chi connectivity index (χ4n) is 3.01. The van der Waals surface area contributed by atoms with Gasteiger partial charge in [-0.15, -0.1) is 0 Å². The minimum Gasteiger partial charge on any atom is -0.478 e. The lowest BCUT2D eigenvalue weighted by molar-refractivity contribution is -0.135. The molecule has 1 fully saturated rings. The van der Waals surface area contributed by atoms with Crippen molar-refractivity contribution < 1.29 is 23.8 Å². The summed E-state index contributed by atoms with van der Waals surface area (Å²) in [6, 6.07) is 18.4. The number of β-lactam (4-membered cyclic amide) rings is 1. The zero-order valence-electron chi connectivity index (χ0n) is 13.6. The molecule has 0 radical (unpaired) electrons. The second-order valence-corrected chi connectivity index (χ2v) is 5.87. The highest BCUT2D eigenvalue weighted by Gasteiger charge is 2.52. The minimum absolute atomic E-state index is 0.161. The molecular weight excluding hydrogens is 334 g/mol. The lowest BCUT2D eigenvalue weighted by atomic mass is 9.94. The predicted octanol–water partition coefficient (Wildman–Crippen LogP) is 3.51. The number of amides is 1. The van der Waals surface area contributed by atoms with Crippen molar-refractivity contribution in [1.82, 2.24) is 0 Å². The lowest BCUT2D eigenvalue weighted by Gasteiger charge is -2.45. The van der Waals surface area contributed by atoms with E-state index in [1.165, 1.54) is 12.1 Å². The van der Waals surface area contributed by atoms with Crippen LogP contribution in [0, 0.1) is 0 Å². The van der Waals surface area contributed by atoms with Crippen LogP contribution >= 0.6 is 0 Å². The molecular formula is C20H15NO5. The average Bonchev–Trinajstić information content (AvgIpc) is 3.18. The molecule has 1 amide bonds. The molecule has 1 aliphatic rings. The van der Waals surface area contributed by atoms with Gasteiger partial charge >= 0.3 is 5.97 Å². The van der Waals surface area contributed by atoms with Crippen molar-refractivity contribution in [2.75, 3.05) is 4.90 Å². The molecule has 0 saturated carbocycles. The molecule has 1 aromatic heterocycles. The number of hydrogen-bond acceptors (Lipinski definition) is 4. The number of furan rings is 1. The molecule has 6 heteroatoms. The zero-order chi connectivity index (χ0) is 18.1. The Balaban J connectivity index is 1.64. The summed E-state index contributed by atoms with van der Waals surface area (Å²) >= 11 is 0. The second-order valence-electron chi connectivity index (χ2n) is 5.87. The number of carboxylic acid groups (broad SMARTS) is 1. The van der Waals surface area contributed by atoms with Crippen LogP contribution in [0.2, 0.25) is 0 Å². The third-order valence-electron chi connectivity index (χ3n) is 4.28. The number of anilines is 1. The Morgan fingerprint density at radius 1 is 1.00 bits per heavy atom. The number of ether oxygens (including phenoxy) is 1. The Morgan fingerprint density at radius 2 is 1.73 bits per heavy atom. The first kappa shape index (κ1) is 16.0. The van der Waals surface area contributed by atoms with Gasteiger partial charge in [-0.2, -0.15) is 0 Å². The average molecular weight is 349 g/mol. The van der Waals surface area contributed by atoms with Crippen LogP contribution in [0.15, 0.2) is 77.4 Å². The SMILES string of the molecule is O=C(O)c1ccc(N2C(=O)C(Oc3ccccc3)C2c2ccco2)cc1. The number of aromatic carboxylic acids is 1. The van der Waals surface area contributed by atoms with Gasteiger partial charge in [0.1, 0.15) is 17.6 Å². The number of carbonyl (C=O) groups excluding carboxylic acids is 1. The third-order valence-corrected chi connectivity index (χ3v) is 4.28. The maximum absolute atomic E-state index is 12.7. The highest BCUT2D eigenvalue weighted by Crippen LogP contribution is 2.41. The summed E-state index contributed by atoms with van der Waals surface area (Å²) in [7, 11) is 0. The first-order chi connectivity index (χ1) is 12.6. The van der Waals surface area contributed by atoms with Gasteiger partial charge in [0.2, 0.25) is 6.10 Å². The molecule has 1 aliphatic heterocycles. The molecule has 2 unspecified atom stereocenters. The van der Waals surface area contributed by atoms with E-state index in [-0.39, 0.29) is 11.5 Å². The van der Waals surface area contributed by atoms with Crippen LogP contribution in [0.4, 0.5) is 5.69 Å². The van der Waals surface area contributed by atoms with E-state index in [9.17, 15) is 9.59 Å². The molecule has 2 aromatic carbocycles. The topological polar surface area (TPSA) is 80.0 Å². The third kappa shape index (κ3) is 2.71. The van der Waals surface area contributed by atoms with E-state index in [0.29, 0.717) is 17.2 Å². The normalized spacial score (nSPS) is 19.1. The number of carbonyl (C=O) groups is 2. The van der Waals surface area contributed by atoms with E-state index in [2.05, 4.69) is 0 Å². The van der Waals surface area contributed by atoms with Gasteiger partial charge in [0.25, 0.3) is 5.91 Å². The van der Waals surface area contributed by atoms with Crippen LogP contribution in [0.5, 0.6) is 5.75 Å². The molecule has 1 saturated heterocycles. The molecule has 3 aromatic rings. The Morgan fingerprint density at radius 3 is 2.35 bits per heavy atom. The van der Waals surface area contributed by atoms with E-state index >= 15 is 0 Å². The summed E-state index contributed by atoms with van der Waals surface area (Å²) in [5, 5.41) is 9.03. The predicted molar refractivity (Wildman–Crippen MR) is 93.2 cm³/mol. The van der Waals surface area contributed by atoms with Crippen molar-refractivity contribution in [2.24, 2.45) is 0 Å². The van der Waals surface area contributed by atoms with Gasteiger partial charge in [0, 0.05) is 5.69 Å². The Labute approximate surface area is 149 Å². The van der Waals surface area contributed by atoms with Crippen molar-refractivity contribution in [1.29, 1.82) is 0 Å². The van der Waals surface area contributed by atoms with E-state index < -0.39 is 18.1 Å². The van der Waals surface area contributed by atoms with Crippen molar-refractivity contribution in [2.45, 2.75) is 12.1 Å². The standard InChI is InChI=1S/C20H15NO5/c22-19-18(26-15-5-2-1-3-6-15)17(16-7-4-12-25-16)21(19)14-10-8-13(9-11-14)20(23)24/h1-12,17-18H,(H,23,24). The van der Waals surface area contributed by atoms with Gasteiger partial charge < -0.3 is 14.3 Å². The molecule has 2 atom stereocenters. The van der Waals surface area contributed by atoms with E-state index in [4.69, 9.17) is 14.3 Å². The molecule has 1 N–H and O–H groups in total. The number of para-hydroxylation sites is 1. The first-order valence-corrected chi connectivity index (χ1v) is 8.06. The van der Waals surface area contributed by atoms with Crippen molar-refractivity contribution in [3.8, 4) is 5.75 Å². The summed E-state index contributed by atoms with van der Waals surface area (Å²) in [5.41, 5.74) is 0.752. The van der Waals surface area contributed by atoms with Gasteiger partial charge in [0.15, 0.2) is 0 Å². The summed E-state index contributed by atoms with van der Waals surface area (Å²) < 4.78 is 11.4. The van der Waals surface area contributed by atoms with E-state index in [1.54, 1.807) is 47.6 Å². The number of rotatable bonds is 5. The smallest absolute Gasteiger partial charge is 0.335 e. The molecule has 130 valence electrons. The fourth-order valence-corrected chi connectivity index (χ4v) is 3.01. The first-order valence-electron chi connectivity index (χ1n) is 8.06. The van der Waals surface area contributed by atoms with Crippen LogP contribution in [-0.4, -0.2) is 23.1 Å². The Kier molecular flexibility index (Phi) is 3.93. The summed E-state index contributed by atoms with van der Waals surface area (Å²) in [6.07, 6.45) is 0.839. The Hall–Kier alpha value is -3.54. The number of hydrogen-bond donors (Lipinski definition) is 1. The van der Waals surface area contributed by atoms with E-state index in [0.717, 1.165) is 0 Å². The summed E-state index contributed by atoms with van der Waals surface area (Å²) in [5.74, 6) is -0.0196. The number of carboxylic acids is 1. The van der Waals surface area contributed by atoms with Crippen molar-refractivity contribution in [3.63, 3.8) is 0 Å². The van der Waals surface area contributed by atoms with Gasteiger partial charge in [-0.25, -0.2) is 4.79 Å². The van der Waals surface area contributed by atoms with Crippen LogP contribution in [0.3, 0.4) is 0 Å². The van der Waals surface area contributed by atoms with Gasteiger partial charge in [-0.1, -0.05) is 18.2 Å². The zero-order valence-corrected chi connectivity index (χ0v) is 13.6. The quantitative estimate of drug-likeness (QED) is 0.713. The number of benzene rings is 2. The molecule has 4 rings (SSSR count). The molecule has 6 nitrogen and oxygen atoms in total. The molecule has 2 heterocycles. The van der Waals surface area contributed by atoms with Gasteiger partial charge in [-0.05, 0) is 48.5 Å².